The average molecular weight is 226 g/mol. The number of aromatic nitrogens is 1. The van der Waals surface area contributed by atoms with Crippen LogP contribution in [0, 0.1) is 5.92 Å². The average Bonchev–Trinajstić information content (AvgIpc) is 2.69. The van der Waals surface area contributed by atoms with Gasteiger partial charge in [-0.15, -0.1) is 11.3 Å². The number of hydrogen-bond donors (Lipinski definition) is 1. The fraction of sp³-hybridized carbons (Fsp3) is 0.750. The Kier molecular flexibility index (Phi) is 4.29. The van der Waals surface area contributed by atoms with Gasteiger partial charge in [0, 0.05) is 17.6 Å². The van der Waals surface area contributed by atoms with Crippen LogP contribution >= 0.6 is 11.3 Å². The minimum atomic E-state index is -0.0169. The fourth-order valence-corrected chi connectivity index (χ4v) is 2.38. The summed E-state index contributed by atoms with van der Waals surface area (Å²) in [5, 5.41) is 6.86. The number of rotatable bonds is 5. The van der Waals surface area contributed by atoms with Crippen molar-refractivity contribution in [3.05, 3.63) is 16.6 Å². The molecule has 0 spiro atoms. The summed E-state index contributed by atoms with van der Waals surface area (Å²) in [5.74, 6) is 0.698. The van der Waals surface area contributed by atoms with E-state index < -0.39 is 0 Å². The van der Waals surface area contributed by atoms with Gasteiger partial charge in [0.2, 0.25) is 0 Å². The van der Waals surface area contributed by atoms with Crippen molar-refractivity contribution < 1.29 is 0 Å². The van der Waals surface area contributed by atoms with E-state index >= 15 is 0 Å². The van der Waals surface area contributed by atoms with Gasteiger partial charge in [0.25, 0.3) is 0 Å². The van der Waals surface area contributed by atoms with E-state index in [-0.39, 0.29) is 5.54 Å². The molecule has 0 bridgehead atoms. The summed E-state index contributed by atoms with van der Waals surface area (Å²) in [4.78, 5) is 4.38. The lowest BCUT2D eigenvalue weighted by molar-refractivity contribution is 0.289. The van der Waals surface area contributed by atoms with Gasteiger partial charge in [-0.1, -0.05) is 20.3 Å². The van der Waals surface area contributed by atoms with Crippen molar-refractivity contribution in [1.82, 2.24) is 10.3 Å². The molecule has 0 saturated heterocycles. The number of nitrogens with zero attached hydrogens (tertiary/aromatic N) is 1. The predicted octanol–water partition coefficient (Wildman–Crippen LogP) is 3.40. The third-order valence-electron chi connectivity index (χ3n) is 3.05. The van der Waals surface area contributed by atoms with Gasteiger partial charge in [-0.2, -0.15) is 0 Å². The van der Waals surface area contributed by atoms with Crippen LogP contribution in [0.3, 0.4) is 0 Å². The molecule has 0 aliphatic rings. The van der Waals surface area contributed by atoms with Crippen LogP contribution in [0.1, 0.15) is 46.0 Å². The first-order valence-corrected chi connectivity index (χ1v) is 6.53. The maximum Gasteiger partial charge on any atom is 0.112 e. The van der Waals surface area contributed by atoms with E-state index in [9.17, 15) is 0 Å². The third kappa shape index (κ3) is 3.28. The van der Waals surface area contributed by atoms with Crippen molar-refractivity contribution in [1.29, 1.82) is 0 Å². The molecule has 86 valence electrons. The van der Waals surface area contributed by atoms with Crippen LogP contribution in [0.4, 0.5) is 0 Å². The highest BCUT2D eigenvalue weighted by Gasteiger charge is 2.26. The van der Waals surface area contributed by atoms with E-state index in [2.05, 4.69) is 44.9 Å². The molecule has 1 heterocycles. The Morgan fingerprint density at radius 2 is 2.13 bits per heavy atom. The second-order valence-electron chi connectivity index (χ2n) is 4.78. The molecule has 0 aromatic carbocycles. The summed E-state index contributed by atoms with van der Waals surface area (Å²) in [6, 6.07) is 0.522. The molecule has 1 N–H and O–H groups in total. The highest BCUT2D eigenvalue weighted by molar-refractivity contribution is 7.09. The maximum absolute atomic E-state index is 4.38. The van der Waals surface area contributed by atoms with Crippen molar-refractivity contribution >= 4 is 11.3 Å². The lowest BCUT2D eigenvalue weighted by Gasteiger charge is -2.31. The van der Waals surface area contributed by atoms with Gasteiger partial charge in [0.1, 0.15) is 5.01 Å². The second kappa shape index (κ2) is 5.08. The standard InChI is InChI=1S/C12H22N2S/c1-6-9(2)10(3)14-12(4,5)11-13-7-8-15-11/h7-10,14H,6H2,1-5H3. The first-order valence-electron chi connectivity index (χ1n) is 5.65. The molecule has 0 radical (unpaired) electrons. The van der Waals surface area contributed by atoms with E-state index in [0.717, 1.165) is 5.01 Å². The molecule has 0 aliphatic heterocycles. The minimum absolute atomic E-state index is 0.0169. The van der Waals surface area contributed by atoms with Crippen molar-refractivity contribution in [3.8, 4) is 0 Å². The number of hydrogen-bond acceptors (Lipinski definition) is 3. The van der Waals surface area contributed by atoms with Gasteiger partial charge < -0.3 is 5.32 Å². The summed E-state index contributed by atoms with van der Waals surface area (Å²) < 4.78 is 0. The van der Waals surface area contributed by atoms with E-state index in [4.69, 9.17) is 0 Å². The Labute approximate surface area is 97.1 Å². The largest absolute Gasteiger partial charge is 0.303 e. The van der Waals surface area contributed by atoms with Crippen molar-refractivity contribution in [2.24, 2.45) is 5.92 Å². The Hall–Kier alpha value is -0.410. The monoisotopic (exact) mass is 226 g/mol. The first-order chi connectivity index (χ1) is 6.97. The van der Waals surface area contributed by atoms with Crippen molar-refractivity contribution in [2.75, 3.05) is 0 Å². The van der Waals surface area contributed by atoms with Crippen LogP contribution in [0.2, 0.25) is 0 Å². The number of nitrogens with one attached hydrogen (secondary N) is 1. The summed E-state index contributed by atoms with van der Waals surface area (Å²) >= 11 is 1.72. The van der Waals surface area contributed by atoms with E-state index in [1.807, 2.05) is 11.6 Å². The molecule has 15 heavy (non-hydrogen) atoms. The molecular formula is C12H22N2S. The van der Waals surface area contributed by atoms with Crippen molar-refractivity contribution in [2.45, 2.75) is 52.6 Å². The molecular weight excluding hydrogens is 204 g/mol. The van der Waals surface area contributed by atoms with E-state index in [1.165, 1.54) is 6.42 Å². The summed E-state index contributed by atoms with van der Waals surface area (Å²) in [6.07, 6.45) is 3.08. The van der Waals surface area contributed by atoms with Crippen LogP contribution in [0.5, 0.6) is 0 Å². The molecule has 1 aromatic rings. The second-order valence-corrected chi connectivity index (χ2v) is 5.68. The zero-order valence-electron chi connectivity index (χ0n) is 10.4. The fourth-order valence-electron chi connectivity index (χ4n) is 1.66. The third-order valence-corrected chi connectivity index (χ3v) is 4.15. The molecule has 3 heteroatoms. The van der Waals surface area contributed by atoms with Gasteiger partial charge in [0.15, 0.2) is 0 Å². The van der Waals surface area contributed by atoms with Crippen LogP contribution in [0.25, 0.3) is 0 Å². The van der Waals surface area contributed by atoms with Crippen LogP contribution < -0.4 is 5.32 Å². The first kappa shape index (κ1) is 12.7. The van der Waals surface area contributed by atoms with Gasteiger partial charge >= 0.3 is 0 Å². The Balaban J connectivity index is 2.64. The molecule has 2 unspecified atom stereocenters. The van der Waals surface area contributed by atoms with Crippen LogP contribution in [0.15, 0.2) is 11.6 Å². The number of thiazole rings is 1. The topological polar surface area (TPSA) is 24.9 Å². The highest BCUT2D eigenvalue weighted by Crippen LogP contribution is 2.24. The molecule has 2 atom stereocenters. The zero-order chi connectivity index (χ0) is 11.5. The summed E-state index contributed by atoms with van der Waals surface area (Å²) in [7, 11) is 0. The lowest BCUT2D eigenvalue weighted by Crippen LogP contribution is -2.45. The SMILES string of the molecule is CCC(C)C(C)NC(C)(C)c1nccs1. The Morgan fingerprint density at radius 3 is 2.60 bits per heavy atom. The van der Waals surface area contributed by atoms with Gasteiger partial charge in [-0.3, -0.25) is 0 Å². The normalized spacial score (nSPS) is 16.3. The molecule has 0 amide bonds. The van der Waals surface area contributed by atoms with Crippen molar-refractivity contribution in [3.63, 3.8) is 0 Å². The Bertz CT molecular complexity index is 280. The van der Waals surface area contributed by atoms with Gasteiger partial charge in [0.05, 0.1) is 5.54 Å². The maximum atomic E-state index is 4.38. The highest BCUT2D eigenvalue weighted by atomic mass is 32.1. The zero-order valence-corrected chi connectivity index (χ0v) is 11.2. The quantitative estimate of drug-likeness (QED) is 0.832. The smallest absolute Gasteiger partial charge is 0.112 e. The molecule has 2 nitrogen and oxygen atoms in total. The molecule has 0 fully saturated rings. The molecule has 1 rings (SSSR count). The lowest BCUT2D eigenvalue weighted by atomic mass is 9.97. The predicted molar refractivity (Wildman–Crippen MR) is 67.2 cm³/mol. The molecule has 0 aliphatic carbocycles. The summed E-state index contributed by atoms with van der Waals surface area (Å²) in [6.45, 7) is 11.2. The van der Waals surface area contributed by atoms with E-state index in [0.29, 0.717) is 12.0 Å². The minimum Gasteiger partial charge on any atom is -0.303 e. The molecule has 1 aromatic heterocycles. The van der Waals surface area contributed by atoms with E-state index in [1.54, 1.807) is 11.3 Å². The molecule has 0 saturated carbocycles. The van der Waals surface area contributed by atoms with Crippen LogP contribution in [-0.2, 0) is 5.54 Å². The summed E-state index contributed by atoms with van der Waals surface area (Å²) in [5.41, 5.74) is -0.0169. The Morgan fingerprint density at radius 1 is 1.47 bits per heavy atom. The van der Waals surface area contributed by atoms with Gasteiger partial charge in [-0.05, 0) is 26.7 Å². The van der Waals surface area contributed by atoms with Crippen LogP contribution in [-0.4, -0.2) is 11.0 Å². The van der Waals surface area contributed by atoms with Gasteiger partial charge in [-0.25, -0.2) is 4.98 Å².